The molecule has 2 aromatic rings. The summed E-state index contributed by atoms with van der Waals surface area (Å²) in [6.45, 7) is 1.96. The van der Waals surface area contributed by atoms with Crippen molar-refractivity contribution in [3.8, 4) is 0 Å². The highest BCUT2D eigenvalue weighted by Gasteiger charge is 2.28. The Bertz CT molecular complexity index is 627. The fourth-order valence-corrected chi connectivity index (χ4v) is 2.98. The molecule has 1 atom stereocenters. The van der Waals surface area contributed by atoms with Crippen molar-refractivity contribution in [2.75, 3.05) is 6.54 Å². The number of amides is 1. The maximum Gasteiger partial charge on any atom is 0.237 e. The summed E-state index contributed by atoms with van der Waals surface area (Å²) >= 11 is 0. The highest BCUT2D eigenvalue weighted by molar-refractivity contribution is 5.81. The summed E-state index contributed by atoms with van der Waals surface area (Å²) in [5.74, 6) is 0.544. The Morgan fingerprint density at radius 3 is 2.91 bits per heavy atom. The smallest absolute Gasteiger partial charge is 0.237 e. The van der Waals surface area contributed by atoms with E-state index in [4.69, 9.17) is 0 Å². The Morgan fingerprint density at radius 1 is 1.35 bits per heavy atom. The lowest BCUT2D eigenvalue weighted by Crippen LogP contribution is -2.48. The van der Waals surface area contributed by atoms with Crippen molar-refractivity contribution in [1.82, 2.24) is 20.2 Å². The van der Waals surface area contributed by atoms with Crippen molar-refractivity contribution < 1.29 is 9.18 Å². The second-order valence-electron chi connectivity index (χ2n) is 5.86. The SMILES string of the molecule is O=C(NCc1ncc[nH]1)[C@@H]1CCCCN1Cc1ccc(F)cc1. The van der Waals surface area contributed by atoms with E-state index in [0.717, 1.165) is 37.2 Å². The second-order valence-corrected chi connectivity index (χ2v) is 5.86. The van der Waals surface area contributed by atoms with Crippen LogP contribution in [0.4, 0.5) is 4.39 Å². The third-order valence-corrected chi connectivity index (χ3v) is 4.20. The molecule has 1 aromatic carbocycles. The summed E-state index contributed by atoms with van der Waals surface area (Å²) in [6, 6.07) is 6.35. The first-order valence-corrected chi connectivity index (χ1v) is 7.97. The average Bonchev–Trinajstić information content (AvgIpc) is 3.09. The lowest BCUT2D eigenvalue weighted by Gasteiger charge is -2.34. The molecule has 1 aliphatic rings. The molecular formula is C17H21FN4O. The second kappa shape index (κ2) is 7.37. The van der Waals surface area contributed by atoms with Gasteiger partial charge in [0.25, 0.3) is 0 Å². The van der Waals surface area contributed by atoms with Gasteiger partial charge in [0.05, 0.1) is 12.6 Å². The van der Waals surface area contributed by atoms with E-state index in [0.29, 0.717) is 13.1 Å². The molecule has 1 aromatic heterocycles. The van der Waals surface area contributed by atoms with Gasteiger partial charge in [0.2, 0.25) is 5.91 Å². The summed E-state index contributed by atoms with van der Waals surface area (Å²) < 4.78 is 13.0. The standard InChI is InChI=1S/C17H21FN4O/c18-14-6-4-13(5-7-14)12-22-10-2-1-3-15(22)17(23)21-11-16-19-8-9-20-16/h4-9,15H,1-3,10-12H2,(H,19,20)(H,21,23)/t15-/m0/s1. The van der Waals surface area contributed by atoms with Crippen LogP contribution in [0.2, 0.25) is 0 Å². The monoisotopic (exact) mass is 316 g/mol. The minimum absolute atomic E-state index is 0.0308. The number of likely N-dealkylation sites (tertiary alicyclic amines) is 1. The molecule has 0 aliphatic carbocycles. The number of hydrogen-bond acceptors (Lipinski definition) is 3. The summed E-state index contributed by atoms with van der Waals surface area (Å²) in [7, 11) is 0. The molecule has 1 amide bonds. The number of aromatic nitrogens is 2. The molecule has 5 nitrogen and oxygen atoms in total. The molecule has 2 N–H and O–H groups in total. The average molecular weight is 316 g/mol. The van der Waals surface area contributed by atoms with Crippen molar-refractivity contribution in [3.63, 3.8) is 0 Å². The minimum atomic E-state index is -0.236. The van der Waals surface area contributed by atoms with E-state index < -0.39 is 0 Å². The normalized spacial score (nSPS) is 18.7. The minimum Gasteiger partial charge on any atom is -0.348 e. The van der Waals surface area contributed by atoms with Crippen LogP contribution in [0.1, 0.15) is 30.7 Å². The Kier molecular flexibility index (Phi) is 5.02. The highest BCUT2D eigenvalue weighted by atomic mass is 19.1. The molecule has 0 spiro atoms. The number of carbonyl (C=O) groups is 1. The van der Waals surface area contributed by atoms with E-state index in [-0.39, 0.29) is 17.8 Å². The molecule has 0 bridgehead atoms. The molecule has 122 valence electrons. The molecular weight excluding hydrogens is 295 g/mol. The Hall–Kier alpha value is -2.21. The molecule has 23 heavy (non-hydrogen) atoms. The molecule has 3 rings (SSSR count). The number of imidazole rings is 1. The van der Waals surface area contributed by atoms with Crippen molar-refractivity contribution in [2.24, 2.45) is 0 Å². The van der Waals surface area contributed by atoms with Crippen LogP contribution in [-0.2, 0) is 17.9 Å². The van der Waals surface area contributed by atoms with Crippen LogP contribution in [0, 0.1) is 5.82 Å². The van der Waals surface area contributed by atoms with Gasteiger partial charge in [-0.25, -0.2) is 9.37 Å². The molecule has 0 unspecified atom stereocenters. The third kappa shape index (κ3) is 4.16. The van der Waals surface area contributed by atoms with E-state index in [9.17, 15) is 9.18 Å². The largest absolute Gasteiger partial charge is 0.348 e. The van der Waals surface area contributed by atoms with Crippen molar-refractivity contribution >= 4 is 5.91 Å². The lowest BCUT2D eigenvalue weighted by atomic mass is 10.0. The fraction of sp³-hybridized carbons (Fsp3) is 0.412. The molecule has 0 saturated carbocycles. The van der Waals surface area contributed by atoms with Crippen molar-refractivity contribution in [1.29, 1.82) is 0 Å². The van der Waals surface area contributed by atoms with Gasteiger partial charge in [0, 0.05) is 18.9 Å². The van der Waals surface area contributed by atoms with Gasteiger partial charge in [-0.15, -0.1) is 0 Å². The number of nitrogens with one attached hydrogen (secondary N) is 2. The number of rotatable bonds is 5. The highest BCUT2D eigenvalue weighted by Crippen LogP contribution is 2.20. The van der Waals surface area contributed by atoms with Crippen LogP contribution in [0.5, 0.6) is 0 Å². The van der Waals surface area contributed by atoms with Crippen molar-refractivity contribution in [2.45, 2.75) is 38.4 Å². The van der Waals surface area contributed by atoms with Gasteiger partial charge in [-0.1, -0.05) is 18.6 Å². The number of carbonyl (C=O) groups excluding carboxylic acids is 1. The van der Waals surface area contributed by atoms with E-state index in [1.165, 1.54) is 12.1 Å². The summed E-state index contributed by atoms with van der Waals surface area (Å²) in [5, 5.41) is 2.95. The maximum atomic E-state index is 13.0. The van der Waals surface area contributed by atoms with E-state index in [2.05, 4.69) is 20.2 Å². The molecule has 6 heteroatoms. The Morgan fingerprint density at radius 2 is 2.17 bits per heavy atom. The zero-order valence-electron chi connectivity index (χ0n) is 13.0. The predicted molar refractivity (Wildman–Crippen MR) is 84.9 cm³/mol. The van der Waals surface area contributed by atoms with Gasteiger partial charge in [-0.05, 0) is 37.1 Å². The van der Waals surface area contributed by atoms with E-state index >= 15 is 0 Å². The number of nitrogens with zero attached hydrogens (tertiary/aromatic N) is 2. The number of aromatic amines is 1. The lowest BCUT2D eigenvalue weighted by molar-refractivity contribution is -0.128. The van der Waals surface area contributed by atoms with Gasteiger partial charge >= 0.3 is 0 Å². The predicted octanol–water partition coefficient (Wildman–Crippen LogP) is 2.22. The Balaban J connectivity index is 1.61. The maximum absolute atomic E-state index is 13.0. The van der Waals surface area contributed by atoms with Gasteiger partial charge in [0.1, 0.15) is 11.6 Å². The third-order valence-electron chi connectivity index (χ3n) is 4.20. The number of piperidine rings is 1. The summed E-state index contributed by atoms with van der Waals surface area (Å²) in [4.78, 5) is 21.8. The quantitative estimate of drug-likeness (QED) is 0.889. The van der Waals surface area contributed by atoms with Crippen LogP contribution in [-0.4, -0.2) is 33.4 Å². The van der Waals surface area contributed by atoms with Gasteiger partial charge < -0.3 is 10.3 Å². The number of halogens is 1. The summed E-state index contributed by atoms with van der Waals surface area (Å²) in [5.41, 5.74) is 1.03. The topological polar surface area (TPSA) is 61.0 Å². The van der Waals surface area contributed by atoms with Crippen LogP contribution < -0.4 is 5.32 Å². The Labute approximate surface area is 134 Å². The van der Waals surface area contributed by atoms with Crippen LogP contribution >= 0.6 is 0 Å². The number of benzene rings is 1. The fourth-order valence-electron chi connectivity index (χ4n) is 2.98. The van der Waals surface area contributed by atoms with Crippen LogP contribution in [0.25, 0.3) is 0 Å². The molecule has 1 saturated heterocycles. The molecule has 1 fully saturated rings. The molecule has 1 aliphatic heterocycles. The van der Waals surface area contributed by atoms with Crippen LogP contribution in [0.3, 0.4) is 0 Å². The number of hydrogen-bond donors (Lipinski definition) is 2. The van der Waals surface area contributed by atoms with Gasteiger partial charge in [-0.2, -0.15) is 0 Å². The van der Waals surface area contributed by atoms with E-state index in [1.54, 1.807) is 24.5 Å². The van der Waals surface area contributed by atoms with Crippen molar-refractivity contribution in [3.05, 3.63) is 53.9 Å². The van der Waals surface area contributed by atoms with E-state index in [1.807, 2.05) is 0 Å². The first kappa shape index (κ1) is 15.7. The zero-order valence-corrected chi connectivity index (χ0v) is 13.0. The number of H-pyrrole nitrogens is 1. The molecule has 2 heterocycles. The zero-order chi connectivity index (χ0) is 16.1. The van der Waals surface area contributed by atoms with Gasteiger partial charge in [-0.3, -0.25) is 9.69 Å². The first-order chi connectivity index (χ1) is 11.2. The van der Waals surface area contributed by atoms with Gasteiger partial charge in [0.15, 0.2) is 0 Å². The molecule has 0 radical (unpaired) electrons. The summed E-state index contributed by atoms with van der Waals surface area (Å²) in [6.07, 6.45) is 6.40. The first-order valence-electron chi connectivity index (χ1n) is 7.97. The van der Waals surface area contributed by atoms with Crippen LogP contribution in [0.15, 0.2) is 36.7 Å².